The molecule has 25 heavy (non-hydrogen) atoms. The second-order valence-corrected chi connectivity index (χ2v) is 6.62. The molecule has 0 bridgehead atoms. The highest BCUT2D eigenvalue weighted by Gasteiger charge is 2.26. The summed E-state index contributed by atoms with van der Waals surface area (Å²) < 4.78 is 1.45. The maximum Gasteiger partial charge on any atom is 0.330 e. The SMILES string of the molecule is C[C@@H]1CC(=O)c2cnc3c(c2C1)c(=O)[nH]c(=O)n3Cc1ccccc1. The highest BCUT2D eigenvalue weighted by Crippen LogP contribution is 2.28. The topological polar surface area (TPSA) is 84.8 Å². The van der Waals surface area contributed by atoms with Crippen molar-refractivity contribution in [1.29, 1.82) is 0 Å². The van der Waals surface area contributed by atoms with Crippen molar-refractivity contribution < 1.29 is 4.79 Å². The first-order valence-corrected chi connectivity index (χ1v) is 8.26. The monoisotopic (exact) mass is 335 g/mol. The summed E-state index contributed by atoms with van der Waals surface area (Å²) in [6.07, 6.45) is 2.60. The number of H-pyrrole nitrogens is 1. The molecule has 3 aromatic rings. The molecule has 2 aromatic heterocycles. The van der Waals surface area contributed by atoms with Crippen LogP contribution in [0.1, 0.15) is 34.8 Å². The third kappa shape index (κ3) is 2.59. The van der Waals surface area contributed by atoms with E-state index in [0.717, 1.165) is 5.56 Å². The zero-order valence-electron chi connectivity index (χ0n) is 13.8. The largest absolute Gasteiger partial charge is 0.330 e. The van der Waals surface area contributed by atoms with Gasteiger partial charge in [-0.1, -0.05) is 37.3 Å². The lowest BCUT2D eigenvalue weighted by molar-refractivity contribution is 0.0953. The molecule has 6 heteroatoms. The third-order valence-corrected chi connectivity index (χ3v) is 4.69. The fourth-order valence-corrected chi connectivity index (χ4v) is 3.52. The van der Waals surface area contributed by atoms with E-state index >= 15 is 0 Å². The van der Waals surface area contributed by atoms with Crippen molar-refractivity contribution in [1.82, 2.24) is 14.5 Å². The van der Waals surface area contributed by atoms with E-state index in [1.165, 1.54) is 10.8 Å². The van der Waals surface area contributed by atoms with Crippen LogP contribution in [0.15, 0.2) is 46.1 Å². The summed E-state index contributed by atoms with van der Waals surface area (Å²) in [5.41, 5.74) is 1.50. The predicted octanol–water partition coefficient (Wildman–Crippen LogP) is 1.90. The van der Waals surface area contributed by atoms with Crippen molar-refractivity contribution in [3.63, 3.8) is 0 Å². The molecule has 0 fully saturated rings. The van der Waals surface area contributed by atoms with E-state index in [-0.39, 0.29) is 11.7 Å². The van der Waals surface area contributed by atoms with Gasteiger partial charge in [0.15, 0.2) is 5.78 Å². The zero-order valence-corrected chi connectivity index (χ0v) is 13.8. The van der Waals surface area contributed by atoms with Crippen LogP contribution >= 0.6 is 0 Å². The van der Waals surface area contributed by atoms with Crippen LogP contribution in [0.5, 0.6) is 0 Å². The van der Waals surface area contributed by atoms with Gasteiger partial charge in [0.1, 0.15) is 5.65 Å². The Morgan fingerprint density at radius 2 is 1.92 bits per heavy atom. The van der Waals surface area contributed by atoms with Crippen molar-refractivity contribution in [2.45, 2.75) is 26.3 Å². The van der Waals surface area contributed by atoms with Crippen molar-refractivity contribution in [2.24, 2.45) is 5.92 Å². The first kappa shape index (κ1) is 15.5. The molecule has 0 radical (unpaired) electrons. The number of Topliss-reactive ketones (excluding diaryl/α,β-unsaturated/α-hetero) is 1. The van der Waals surface area contributed by atoms with E-state index in [0.29, 0.717) is 41.5 Å². The Kier molecular flexibility index (Phi) is 3.60. The molecule has 0 aliphatic heterocycles. The highest BCUT2D eigenvalue weighted by molar-refractivity contribution is 6.02. The number of hydrogen-bond donors (Lipinski definition) is 1. The lowest BCUT2D eigenvalue weighted by Gasteiger charge is -2.21. The number of hydrogen-bond acceptors (Lipinski definition) is 4. The fourth-order valence-electron chi connectivity index (χ4n) is 3.52. The molecule has 6 nitrogen and oxygen atoms in total. The van der Waals surface area contributed by atoms with Gasteiger partial charge in [0.2, 0.25) is 0 Å². The maximum absolute atomic E-state index is 12.5. The van der Waals surface area contributed by atoms with E-state index in [9.17, 15) is 14.4 Å². The van der Waals surface area contributed by atoms with Crippen molar-refractivity contribution in [3.8, 4) is 0 Å². The summed E-state index contributed by atoms with van der Waals surface area (Å²) in [6, 6.07) is 9.51. The van der Waals surface area contributed by atoms with Crippen LogP contribution in [0.4, 0.5) is 0 Å². The number of pyridine rings is 1. The third-order valence-electron chi connectivity index (χ3n) is 4.69. The molecule has 0 saturated heterocycles. The minimum absolute atomic E-state index is 0.00311. The van der Waals surface area contributed by atoms with Gasteiger partial charge in [-0.25, -0.2) is 9.78 Å². The van der Waals surface area contributed by atoms with Crippen LogP contribution in [0.25, 0.3) is 11.0 Å². The van der Waals surface area contributed by atoms with Gasteiger partial charge < -0.3 is 0 Å². The minimum atomic E-state index is -0.496. The standard InChI is InChI=1S/C19H17N3O3/c1-11-7-13-14(15(23)8-11)9-20-17-16(13)18(24)21-19(25)22(17)10-12-5-3-2-4-6-12/h2-6,9,11H,7-8,10H2,1H3,(H,21,24,25)/t11-/m0/s1. The number of aromatic nitrogens is 3. The van der Waals surface area contributed by atoms with E-state index in [1.54, 1.807) is 0 Å². The van der Waals surface area contributed by atoms with E-state index in [4.69, 9.17) is 0 Å². The Morgan fingerprint density at radius 3 is 2.68 bits per heavy atom. The van der Waals surface area contributed by atoms with E-state index in [1.807, 2.05) is 37.3 Å². The molecule has 0 saturated carbocycles. The van der Waals surface area contributed by atoms with E-state index < -0.39 is 11.2 Å². The number of fused-ring (bicyclic) bond motifs is 3. The minimum Gasteiger partial charge on any atom is -0.294 e. The molecule has 4 rings (SSSR count). The number of nitrogens with one attached hydrogen (secondary N) is 1. The highest BCUT2D eigenvalue weighted by atomic mass is 16.2. The van der Waals surface area contributed by atoms with E-state index in [2.05, 4.69) is 9.97 Å². The van der Waals surface area contributed by atoms with Crippen molar-refractivity contribution >= 4 is 16.8 Å². The molecule has 1 N–H and O–H groups in total. The number of carbonyl (C=O) groups is 1. The molecular weight excluding hydrogens is 318 g/mol. The number of carbonyl (C=O) groups excluding carboxylic acids is 1. The molecule has 0 spiro atoms. The second-order valence-electron chi connectivity index (χ2n) is 6.62. The molecular formula is C19H17N3O3. The van der Waals surface area contributed by atoms with Gasteiger partial charge in [-0.05, 0) is 23.5 Å². The Morgan fingerprint density at radius 1 is 1.16 bits per heavy atom. The average Bonchev–Trinajstić information content (AvgIpc) is 2.58. The van der Waals surface area contributed by atoms with Crippen LogP contribution in [0.2, 0.25) is 0 Å². The first-order chi connectivity index (χ1) is 12.0. The van der Waals surface area contributed by atoms with Gasteiger partial charge in [-0.15, -0.1) is 0 Å². The van der Waals surface area contributed by atoms with Crippen LogP contribution in [-0.2, 0) is 13.0 Å². The molecule has 1 atom stereocenters. The Balaban J connectivity index is 2.00. The Labute approximate surface area is 143 Å². The maximum atomic E-state index is 12.5. The quantitative estimate of drug-likeness (QED) is 0.775. The average molecular weight is 335 g/mol. The number of rotatable bonds is 2. The molecule has 1 aliphatic carbocycles. The zero-order chi connectivity index (χ0) is 17.6. The summed E-state index contributed by atoms with van der Waals surface area (Å²) in [5, 5.41) is 0.355. The first-order valence-electron chi connectivity index (χ1n) is 8.26. The molecule has 126 valence electrons. The number of benzene rings is 1. The smallest absolute Gasteiger partial charge is 0.294 e. The Bertz CT molecular complexity index is 1100. The van der Waals surface area contributed by atoms with Crippen LogP contribution in [0, 0.1) is 5.92 Å². The second kappa shape index (κ2) is 5.81. The van der Waals surface area contributed by atoms with Gasteiger partial charge in [0.25, 0.3) is 5.56 Å². The molecule has 1 aliphatic rings. The summed E-state index contributed by atoms with van der Waals surface area (Å²) in [7, 11) is 0. The summed E-state index contributed by atoms with van der Waals surface area (Å²) in [4.78, 5) is 43.8. The van der Waals surface area contributed by atoms with Crippen LogP contribution in [0.3, 0.4) is 0 Å². The van der Waals surface area contributed by atoms with Crippen molar-refractivity contribution in [2.75, 3.05) is 0 Å². The number of ketones is 1. The van der Waals surface area contributed by atoms with Gasteiger partial charge in [0.05, 0.1) is 11.9 Å². The molecule has 2 heterocycles. The van der Waals surface area contributed by atoms with Gasteiger partial charge in [0, 0.05) is 18.2 Å². The normalized spacial score (nSPS) is 16.8. The van der Waals surface area contributed by atoms with Crippen molar-refractivity contribution in [3.05, 3.63) is 74.1 Å². The fraction of sp³-hybridized carbons (Fsp3) is 0.263. The number of aromatic amines is 1. The lowest BCUT2D eigenvalue weighted by Crippen LogP contribution is -2.33. The summed E-state index contributed by atoms with van der Waals surface area (Å²) >= 11 is 0. The molecule has 0 amide bonds. The van der Waals surface area contributed by atoms with Gasteiger partial charge in [-0.3, -0.25) is 19.1 Å². The van der Waals surface area contributed by atoms with Crippen LogP contribution in [-0.4, -0.2) is 20.3 Å². The number of nitrogens with zero attached hydrogens (tertiary/aromatic N) is 2. The predicted molar refractivity (Wildman–Crippen MR) is 94.0 cm³/mol. The van der Waals surface area contributed by atoms with Crippen LogP contribution < -0.4 is 11.2 Å². The summed E-state index contributed by atoms with van der Waals surface area (Å²) in [5.74, 6) is 0.169. The lowest BCUT2D eigenvalue weighted by atomic mass is 9.84. The molecule has 1 aromatic carbocycles. The summed E-state index contributed by atoms with van der Waals surface area (Å²) in [6.45, 7) is 2.30. The Hall–Kier alpha value is -3.02. The van der Waals surface area contributed by atoms with Gasteiger partial charge >= 0.3 is 5.69 Å². The van der Waals surface area contributed by atoms with Gasteiger partial charge in [-0.2, -0.15) is 0 Å². The molecule has 0 unspecified atom stereocenters.